The van der Waals surface area contributed by atoms with Crippen LogP contribution in [0.4, 0.5) is 13.2 Å². The van der Waals surface area contributed by atoms with Crippen molar-refractivity contribution >= 4 is 42.6 Å². The van der Waals surface area contributed by atoms with Gasteiger partial charge in [-0.3, -0.25) is 0 Å². The average molecular weight is 509 g/mol. The van der Waals surface area contributed by atoms with Crippen molar-refractivity contribution in [2.75, 3.05) is 0 Å². The lowest BCUT2D eigenvalue weighted by Gasteiger charge is -2.13. The second-order valence-corrected chi connectivity index (χ2v) is 8.00. The maximum Gasteiger partial charge on any atom is 0.420 e. The third kappa shape index (κ3) is 3.51. The van der Waals surface area contributed by atoms with E-state index in [1.165, 1.54) is 0 Å². The third-order valence-electron chi connectivity index (χ3n) is 4.63. The van der Waals surface area contributed by atoms with Crippen molar-refractivity contribution < 1.29 is 13.2 Å². The highest BCUT2D eigenvalue weighted by Crippen LogP contribution is 2.47. The molecule has 0 saturated heterocycles. The highest BCUT2D eigenvalue weighted by atomic mass is 79.9. The van der Waals surface area contributed by atoms with E-state index in [9.17, 15) is 13.2 Å². The molecule has 0 aliphatic carbocycles. The van der Waals surface area contributed by atoms with Gasteiger partial charge in [0.15, 0.2) is 0 Å². The molecule has 1 heterocycles. The van der Waals surface area contributed by atoms with Gasteiger partial charge >= 0.3 is 6.18 Å². The summed E-state index contributed by atoms with van der Waals surface area (Å²) in [5, 5.41) is 2.02. The van der Waals surface area contributed by atoms with Crippen LogP contribution in [0, 0.1) is 0 Å². The second kappa shape index (κ2) is 7.41. The Bertz CT molecular complexity index is 1150. The van der Waals surface area contributed by atoms with E-state index in [0.29, 0.717) is 12.2 Å². The Morgan fingerprint density at radius 2 is 1.43 bits per heavy atom. The molecule has 3 aromatic carbocycles. The lowest BCUT2D eigenvalue weighted by atomic mass is 10.0. The molecule has 1 aromatic heterocycles. The number of benzene rings is 3. The summed E-state index contributed by atoms with van der Waals surface area (Å²) in [7, 11) is 0. The fraction of sp³-hybridized carbons (Fsp3) is 0.0909. The molecule has 0 fully saturated rings. The fourth-order valence-electron chi connectivity index (χ4n) is 3.34. The van der Waals surface area contributed by atoms with Crippen LogP contribution in [-0.2, 0) is 12.7 Å². The van der Waals surface area contributed by atoms with Gasteiger partial charge in [-0.1, -0.05) is 66.7 Å². The Morgan fingerprint density at radius 1 is 0.786 bits per heavy atom. The first kappa shape index (κ1) is 19.3. The highest BCUT2D eigenvalue weighted by molar-refractivity contribution is 9.11. The number of alkyl halides is 3. The van der Waals surface area contributed by atoms with E-state index in [1.54, 1.807) is 4.57 Å². The molecular formula is C22H14Br2F3N. The van der Waals surface area contributed by atoms with Crippen LogP contribution in [0.5, 0.6) is 0 Å². The van der Waals surface area contributed by atoms with E-state index < -0.39 is 11.7 Å². The molecule has 0 unspecified atom stereocenters. The minimum absolute atomic E-state index is 0.0129. The molecule has 142 valence electrons. The molecule has 0 aliphatic heterocycles. The summed E-state index contributed by atoms with van der Waals surface area (Å²) in [5.41, 5.74) is 1.43. The predicted molar refractivity (Wildman–Crippen MR) is 113 cm³/mol. The Balaban J connectivity index is 1.95. The number of halogens is 5. The van der Waals surface area contributed by atoms with Crippen LogP contribution in [0.1, 0.15) is 11.1 Å². The number of hydrogen-bond acceptors (Lipinski definition) is 0. The standard InChI is InChI=1S/C22H14Br2F3N/c23-19-18(22(25,26)27)21(24)28(13-14-6-2-1-3-7-14)20(19)17-11-10-15-8-4-5-9-16(15)12-17/h1-12H,13H2. The van der Waals surface area contributed by atoms with Crippen LogP contribution in [0.15, 0.2) is 81.9 Å². The molecule has 0 amide bonds. The van der Waals surface area contributed by atoms with Crippen molar-refractivity contribution in [3.05, 3.63) is 93.0 Å². The van der Waals surface area contributed by atoms with Gasteiger partial charge in [-0.25, -0.2) is 0 Å². The summed E-state index contributed by atoms with van der Waals surface area (Å²) in [6.07, 6.45) is -4.48. The maximum absolute atomic E-state index is 13.7. The molecule has 1 nitrogen and oxygen atoms in total. The minimum atomic E-state index is -4.48. The van der Waals surface area contributed by atoms with E-state index in [2.05, 4.69) is 31.9 Å². The van der Waals surface area contributed by atoms with Crippen LogP contribution in [0.25, 0.3) is 22.0 Å². The lowest BCUT2D eigenvalue weighted by molar-refractivity contribution is -0.138. The molecule has 6 heteroatoms. The van der Waals surface area contributed by atoms with E-state index in [4.69, 9.17) is 0 Å². The van der Waals surface area contributed by atoms with Gasteiger partial charge in [0.25, 0.3) is 0 Å². The Hall–Kier alpha value is -2.05. The topological polar surface area (TPSA) is 4.93 Å². The summed E-state index contributed by atoms with van der Waals surface area (Å²) in [6.45, 7) is 0.318. The van der Waals surface area contributed by atoms with Gasteiger partial charge in [-0.2, -0.15) is 13.2 Å². The first-order valence-corrected chi connectivity index (χ1v) is 10.1. The van der Waals surface area contributed by atoms with Crippen molar-refractivity contribution in [1.29, 1.82) is 0 Å². The zero-order valence-electron chi connectivity index (χ0n) is 14.5. The highest BCUT2D eigenvalue weighted by Gasteiger charge is 2.40. The second-order valence-electron chi connectivity index (χ2n) is 6.46. The SMILES string of the molecule is FC(F)(F)c1c(Br)c(-c2ccc3ccccc3c2)n(Cc2ccccc2)c1Br. The molecule has 0 radical (unpaired) electrons. The first-order valence-electron chi connectivity index (χ1n) is 8.54. The molecule has 4 rings (SSSR count). The molecule has 0 aliphatic rings. The Kier molecular flexibility index (Phi) is 5.10. The first-order chi connectivity index (χ1) is 13.4. The van der Waals surface area contributed by atoms with E-state index >= 15 is 0 Å². The summed E-state index contributed by atoms with van der Waals surface area (Å²) in [4.78, 5) is 0. The lowest BCUT2D eigenvalue weighted by Crippen LogP contribution is -2.07. The minimum Gasteiger partial charge on any atom is -0.329 e. The third-order valence-corrected chi connectivity index (χ3v) is 6.23. The molecule has 0 spiro atoms. The van der Waals surface area contributed by atoms with Gasteiger partial charge in [-0.05, 0) is 59.8 Å². The molecule has 0 atom stereocenters. The molecular weight excluding hydrogens is 495 g/mol. The van der Waals surface area contributed by atoms with Crippen LogP contribution in [0.3, 0.4) is 0 Å². The van der Waals surface area contributed by atoms with E-state index in [1.807, 2.05) is 72.8 Å². The Morgan fingerprint density at radius 3 is 2.11 bits per heavy atom. The van der Waals surface area contributed by atoms with Gasteiger partial charge in [-0.15, -0.1) is 0 Å². The van der Waals surface area contributed by atoms with Crippen LogP contribution in [0.2, 0.25) is 0 Å². The maximum atomic E-state index is 13.7. The van der Waals surface area contributed by atoms with Gasteiger partial charge < -0.3 is 4.57 Å². The van der Waals surface area contributed by atoms with Crippen molar-refractivity contribution in [2.45, 2.75) is 12.7 Å². The smallest absolute Gasteiger partial charge is 0.329 e. The largest absolute Gasteiger partial charge is 0.420 e. The van der Waals surface area contributed by atoms with Crippen molar-refractivity contribution in [3.63, 3.8) is 0 Å². The number of aromatic nitrogens is 1. The van der Waals surface area contributed by atoms with Gasteiger partial charge in [0.05, 0.1) is 14.8 Å². The van der Waals surface area contributed by atoms with Crippen molar-refractivity contribution in [1.82, 2.24) is 4.57 Å². The summed E-state index contributed by atoms with van der Waals surface area (Å²) < 4.78 is 42.9. The van der Waals surface area contributed by atoms with Gasteiger partial charge in [0.2, 0.25) is 0 Å². The zero-order chi connectivity index (χ0) is 19.9. The number of hydrogen-bond donors (Lipinski definition) is 0. The van der Waals surface area contributed by atoms with Gasteiger partial charge in [0, 0.05) is 6.54 Å². The van der Waals surface area contributed by atoms with Crippen molar-refractivity contribution in [3.8, 4) is 11.3 Å². The average Bonchev–Trinajstić information content (AvgIpc) is 2.92. The number of fused-ring (bicyclic) bond motifs is 1. The molecule has 0 saturated carbocycles. The summed E-state index contributed by atoms with van der Waals surface area (Å²) in [5.74, 6) is 0. The van der Waals surface area contributed by atoms with E-state index in [-0.39, 0.29) is 9.08 Å². The van der Waals surface area contributed by atoms with Gasteiger partial charge in [0.1, 0.15) is 5.56 Å². The summed E-state index contributed by atoms with van der Waals surface area (Å²) in [6, 6.07) is 22.9. The zero-order valence-corrected chi connectivity index (χ0v) is 17.6. The fourth-order valence-corrected chi connectivity index (χ4v) is 5.18. The summed E-state index contributed by atoms with van der Waals surface area (Å²) >= 11 is 6.44. The molecule has 4 aromatic rings. The predicted octanol–water partition coefficient (Wildman–Crippen LogP) is 7.90. The van der Waals surface area contributed by atoms with Crippen LogP contribution >= 0.6 is 31.9 Å². The number of nitrogens with zero attached hydrogens (tertiary/aromatic N) is 1. The Labute approximate surface area is 177 Å². The monoisotopic (exact) mass is 507 g/mol. The number of rotatable bonds is 3. The molecule has 0 bridgehead atoms. The molecule has 0 N–H and O–H groups in total. The normalized spacial score (nSPS) is 11.9. The van der Waals surface area contributed by atoms with Crippen LogP contribution in [-0.4, -0.2) is 4.57 Å². The van der Waals surface area contributed by atoms with Crippen molar-refractivity contribution in [2.24, 2.45) is 0 Å². The van der Waals surface area contributed by atoms with E-state index in [0.717, 1.165) is 21.9 Å². The quantitative estimate of drug-likeness (QED) is 0.265. The molecule has 28 heavy (non-hydrogen) atoms. The van der Waals surface area contributed by atoms with Crippen LogP contribution < -0.4 is 0 Å².